The Morgan fingerprint density at radius 1 is 1.29 bits per heavy atom. The number of rotatable bonds is 2. The highest BCUT2D eigenvalue weighted by Crippen LogP contribution is 2.50. The van der Waals surface area contributed by atoms with Gasteiger partial charge in [0.2, 0.25) is 5.95 Å². The Labute approximate surface area is 206 Å². The Hall–Kier alpha value is -2.71. The van der Waals surface area contributed by atoms with Crippen molar-refractivity contribution in [3.05, 3.63) is 57.1 Å². The van der Waals surface area contributed by atoms with Gasteiger partial charge in [0.15, 0.2) is 11.4 Å². The van der Waals surface area contributed by atoms with E-state index in [0.29, 0.717) is 40.8 Å². The maximum Gasteiger partial charge on any atom is 0.222 e. The first kappa shape index (κ1) is 23.1. The standard InChI is InChI=1S/C23H22ClN5O3S2/c1-22(30,20-26-8-9-33-20)5-4-15-2-3-16-18(12-15)29(19-17(24)13-27-21(25)28-19)14-23(16)6-10-34(31,32)11-7-23/h2-3,8-9,12-13,30H,6-7,10-11,14H2,1H3,(H2,25,27,28)/t22-/m1/s1. The van der Waals surface area contributed by atoms with Crippen LogP contribution >= 0.6 is 22.9 Å². The molecule has 0 bridgehead atoms. The van der Waals surface area contributed by atoms with Crippen LogP contribution in [0.3, 0.4) is 0 Å². The molecule has 1 spiro atoms. The fraction of sp³-hybridized carbons (Fsp3) is 0.348. The van der Waals surface area contributed by atoms with E-state index in [2.05, 4.69) is 26.8 Å². The smallest absolute Gasteiger partial charge is 0.222 e. The predicted octanol–water partition coefficient (Wildman–Crippen LogP) is 3.03. The minimum Gasteiger partial charge on any atom is -0.371 e. The van der Waals surface area contributed by atoms with Crippen LogP contribution in [-0.4, -0.2) is 46.5 Å². The molecular weight excluding hydrogens is 494 g/mol. The number of nitrogen functional groups attached to an aromatic ring is 1. The van der Waals surface area contributed by atoms with E-state index in [0.717, 1.165) is 11.3 Å². The predicted molar refractivity (Wildman–Crippen MR) is 133 cm³/mol. The zero-order valence-electron chi connectivity index (χ0n) is 18.3. The van der Waals surface area contributed by atoms with Gasteiger partial charge in [0.05, 0.1) is 17.7 Å². The second kappa shape index (κ2) is 8.20. The van der Waals surface area contributed by atoms with Crippen LogP contribution in [0, 0.1) is 11.8 Å². The normalized spacial score (nSPS) is 19.8. The van der Waals surface area contributed by atoms with Crippen LogP contribution in [0.25, 0.3) is 0 Å². The third-order valence-electron chi connectivity index (χ3n) is 6.40. The highest BCUT2D eigenvalue weighted by Gasteiger charge is 2.47. The molecule has 1 aromatic carbocycles. The van der Waals surface area contributed by atoms with Gasteiger partial charge in [0.1, 0.15) is 19.9 Å². The van der Waals surface area contributed by atoms with Crippen molar-refractivity contribution in [2.24, 2.45) is 0 Å². The molecule has 11 heteroatoms. The molecule has 3 N–H and O–H groups in total. The van der Waals surface area contributed by atoms with Crippen molar-refractivity contribution >= 4 is 50.2 Å². The monoisotopic (exact) mass is 515 g/mol. The molecule has 1 saturated heterocycles. The summed E-state index contributed by atoms with van der Waals surface area (Å²) in [6.07, 6.45) is 4.12. The van der Waals surface area contributed by atoms with E-state index in [4.69, 9.17) is 17.3 Å². The first-order valence-electron chi connectivity index (χ1n) is 10.6. The Morgan fingerprint density at radius 3 is 2.76 bits per heavy atom. The number of aliphatic hydroxyl groups is 1. The molecule has 5 rings (SSSR count). The number of nitrogens with zero attached hydrogens (tertiary/aromatic N) is 4. The lowest BCUT2D eigenvalue weighted by Crippen LogP contribution is -2.40. The van der Waals surface area contributed by atoms with E-state index < -0.39 is 15.4 Å². The maximum atomic E-state index is 12.2. The van der Waals surface area contributed by atoms with E-state index >= 15 is 0 Å². The first-order valence-corrected chi connectivity index (χ1v) is 13.7. The van der Waals surface area contributed by atoms with Gasteiger partial charge in [0.25, 0.3) is 0 Å². The largest absolute Gasteiger partial charge is 0.371 e. The average molecular weight is 516 g/mol. The van der Waals surface area contributed by atoms with Gasteiger partial charge in [0, 0.05) is 34.8 Å². The highest BCUT2D eigenvalue weighted by atomic mass is 35.5. The summed E-state index contributed by atoms with van der Waals surface area (Å²) in [5.74, 6) is 6.82. The molecule has 3 aromatic rings. The topological polar surface area (TPSA) is 122 Å². The summed E-state index contributed by atoms with van der Waals surface area (Å²) >= 11 is 7.79. The van der Waals surface area contributed by atoms with E-state index in [1.165, 1.54) is 17.5 Å². The molecule has 4 heterocycles. The number of hydrogen-bond acceptors (Lipinski definition) is 9. The van der Waals surface area contributed by atoms with Gasteiger partial charge in [-0.1, -0.05) is 29.5 Å². The summed E-state index contributed by atoms with van der Waals surface area (Å²) in [6.45, 7) is 2.14. The molecule has 0 amide bonds. The minimum atomic E-state index is -3.05. The Balaban J connectivity index is 1.59. The van der Waals surface area contributed by atoms with Gasteiger partial charge in [-0.25, -0.2) is 18.4 Å². The van der Waals surface area contributed by atoms with Crippen LogP contribution in [-0.2, 0) is 20.9 Å². The third-order valence-corrected chi connectivity index (χ3v) is 9.31. The number of anilines is 3. The average Bonchev–Trinajstić information content (AvgIpc) is 3.45. The third kappa shape index (κ3) is 4.14. The lowest BCUT2D eigenvalue weighted by atomic mass is 9.77. The molecular formula is C23H22ClN5O3S2. The highest BCUT2D eigenvalue weighted by molar-refractivity contribution is 7.91. The second-order valence-corrected chi connectivity index (χ2v) is 12.4. The molecule has 2 aromatic heterocycles. The number of thiazole rings is 1. The molecule has 8 nitrogen and oxygen atoms in total. The zero-order chi connectivity index (χ0) is 24.1. The summed E-state index contributed by atoms with van der Waals surface area (Å²) in [5, 5.41) is 13.4. The lowest BCUT2D eigenvalue weighted by Gasteiger charge is -2.34. The van der Waals surface area contributed by atoms with E-state index in [9.17, 15) is 13.5 Å². The first-order chi connectivity index (χ1) is 16.1. The number of halogens is 1. The SMILES string of the molecule is C[C@@](O)(C#Cc1ccc2c(c1)N(c1nc(N)ncc1Cl)CC21CCS(=O)(=O)CC1)c1nccs1. The molecule has 2 aliphatic heterocycles. The van der Waals surface area contributed by atoms with E-state index in [1.807, 2.05) is 23.1 Å². The Morgan fingerprint density at radius 2 is 2.06 bits per heavy atom. The molecule has 0 unspecified atom stereocenters. The molecule has 0 radical (unpaired) electrons. The molecule has 1 fully saturated rings. The fourth-order valence-corrected chi connectivity index (χ4v) is 7.02. The quantitative estimate of drug-likeness (QED) is 0.499. The van der Waals surface area contributed by atoms with E-state index in [1.54, 1.807) is 18.5 Å². The Bertz CT molecular complexity index is 1410. The van der Waals surface area contributed by atoms with E-state index in [-0.39, 0.29) is 22.9 Å². The van der Waals surface area contributed by atoms with Crippen LogP contribution in [0.1, 0.15) is 35.9 Å². The molecule has 176 valence electrons. The van der Waals surface area contributed by atoms with Gasteiger partial charge >= 0.3 is 0 Å². The number of sulfone groups is 1. The van der Waals surface area contributed by atoms with Crippen molar-refractivity contribution in [2.75, 3.05) is 28.7 Å². The van der Waals surface area contributed by atoms with Crippen LogP contribution in [0.5, 0.6) is 0 Å². The molecule has 2 aliphatic rings. The number of benzene rings is 1. The van der Waals surface area contributed by atoms with Gasteiger partial charge < -0.3 is 15.7 Å². The molecule has 34 heavy (non-hydrogen) atoms. The Kier molecular flexibility index (Phi) is 5.56. The van der Waals surface area contributed by atoms with Crippen LogP contribution in [0.2, 0.25) is 5.02 Å². The van der Waals surface area contributed by atoms with Crippen molar-refractivity contribution in [2.45, 2.75) is 30.8 Å². The molecule has 0 saturated carbocycles. The van der Waals surface area contributed by atoms with Crippen molar-refractivity contribution in [3.63, 3.8) is 0 Å². The molecule has 1 atom stereocenters. The van der Waals surface area contributed by atoms with Gasteiger partial charge in [-0.2, -0.15) is 4.98 Å². The van der Waals surface area contributed by atoms with Crippen molar-refractivity contribution in [3.8, 4) is 11.8 Å². The van der Waals surface area contributed by atoms with Crippen molar-refractivity contribution < 1.29 is 13.5 Å². The van der Waals surface area contributed by atoms with Crippen molar-refractivity contribution in [1.82, 2.24) is 15.0 Å². The van der Waals surface area contributed by atoms with Gasteiger partial charge in [-0.05, 0) is 37.5 Å². The zero-order valence-corrected chi connectivity index (χ0v) is 20.7. The summed E-state index contributed by atoms with van der Waals surface area (Å²) in [7, 11) is -3.05. The molecule has 0 aliphatic carbocycles. The number of hydrogen-bond donors (Lipinski definition) is 2. The number of aromatic nitrogens is 3. The van der Waals surface area contributed by atoms with Crippen molar-refractivity contribution in [1.29, 1.82) is 0 Å². The van der Waals surface area contributed by atoms with Gasteiger partial charge in [-0.15, -0.1) is 11.3 Å². The fourth-order valence-electron chi connectivity index (χ4n) is 4.57. The van der Waals surface area contributed by atoms with Gasteiger partial charge in [-0.3, -0.25) is 0 Å². The van der Waals surface area contributed by atoms with Crippen LogP contribution in [0.15, 0.2) is 36.0 Å². The minimum absolute atomic E-state index is 0.101. The van der Waals surface area contributed by atoms with Crippen LogP contribution in [0.4, 0.5) is 17.5 Å². The summed E-state index contributed by atoms with van der Waals surface area (Å²) in [6, 6.07) is 5.81. The number of nitrogens with two attached hydrogens (primary N) is 1. The summed E-state index contributed by atoms with van der Waals surface area (Å²) in [4.78, 5) is 14.5. The number of fused-ring (bicyclic) bond motifs is 2. The second-order valence-electron chi connectivity index (χ2n) is 8.81. The lowest BCUT2D eigenvalue weighted by molar-refractivity contribution is 0.122. The van der Waals surface area contributed by atoms with Crippen LogP contribution < -0.4 is 10.6 Å². The maximum absolute atomic E-state index is 12.2. The summed E-state index contributed by atoms with van der Waals surface area (Å²) in [5.41, 5.74) is 6.70. The summed E-state index contributed by atoms with van der Waals surface area (Å²) < 4.78 is 24.3.